The van der Waals surface area contributed by atoms with Crippen LogP contribution in [0.25, 0.3) is 0 Å². The normalized spacial score (nSPS) is 11.5. The summed E-state index contributed by atoms with van der Waals surface area (Å²) in [7, 11) is 0. The topological polar surface area (TPSA) is 124 Å². The van der Waals surface area contributed by atoms with Crippen molar-refractivity contribution in [2.45, 2.75) is 13.0 Å². The van der Waals surface area contributed by atoms with Crippen molar-refractivity contribution < 1.29 is 19.4 Å². The van der Waals surface area contributed by atoms with Crippen molar-refractivity contribution >= 4 is 28.9 Å². The van der Waals surface area contributed by atoms with Gasteiger partial charge >= 0.3 is 5.97 Å². The lowest BCUT2D eigenvalue weighted by Crippen LogP contribution is -2.30. The molecule has 8 heteroatoms. The molecule has 0 fully saturated rings. The van der Waals surface area contributed by atoms with E-state index in [4.69, 9.17) is 10.00 Å². The number of phenolic OH excluding ortho intramolecular Hbond substituents is 1. The molecule has 0 saturated heterocycles. The first kappa shape index (κ1) is 21.2. The van der Waals surface area contributed by atoms with Crippen LogP contribution >= 0.6 is 0 Å². The molecule has 0 aromatic heterocycles. The molecule has 0 heterocycles. The molecule has 3 aromatic rings. The molecule has 0 aliphatic carbocycles. The predicted molar refractivity (Wildman–Crippen MR) is 113 cm³/mol. The largest absolute Gasteiger partial charge is 0.508 e. The molecule has 0 aliphatic rings. The average molecular weight is 414 g/mol. The lowest BCUT2D eigenvalue weighted by Gasteiger charge is -2.14. The molecule has 154 valence electrons. The van der Waals surface area contributed by atoms with Crippen LogP contribution in [0.15, 0.2) is 83.0 Å². The SMILES string of the molecule is C[C@H](OC(=O)c1ccccc1N=Nc1ccc(O)cc1)C(=O)Nc1cccc(C#N)c1. The van der Waals surface area contributed by atoms with E-state index in [9.17, 15) is 14.7 Å². The van der Waals surface area contributed by atoms with Gasteiger partial charge in [0.1, 0.15) is 11.4 Å². The Balaban J connectivity index is 1.69. The zero-order chi connectivity index (χ0) is 22.2. The number of benzene rings is 3. The van der Waals surface area contributed by atoms with Crippen LogP contribution in [0.4, 0.5) is 17.1 Å². The van der Waals surface area contributed by atoms with Crippen molar-refractivity contribution in [3.05, 3.63) is 83.9 Å². The molecule has 0 spiro atoms. The highest BCUT2D eigenvalue weighted by atomic mass is 16.5. The number of anilines is 1. The van der Waals surface area contributed by atoms with E-state index in [1.165, 1.54) is 31.2 Å². The van der Waals surface area contributed by atoms with Crippen LogP contribution in [0.2, 0.25) is 0 Å². The highest BCUT2D eigenvalue weighted by Crippen LogP contribution is 2.24. The number of aromatic hydroxyl groups is 1. The molecule has 0 aliphatic heterocycles. The highest BCUT2D eigenvalue weighted by molar-refractivity contribution is 5.99. The third-order valence-electron chi connectivity index (χ3n) is 4.16. The first-order chi connectivity index (χ1) is 15.0. The molecule has 3 aromatic carbocycles. The summed E-state index contributed by atoms with van der Waals surface area (Å²) in [5, 5.41) is 29.0. The predicted octanol–water partition coefficient (Wildman–Crippen LogP) is 4.86. The van der Waals surface area contributed by atoms with Crippen LogP contribution in [-0.2, 0) is 9.53 Å². The third-order valence-corrected chi connectivity index (χ3v) is 4.16. The van der Waals surface area contributed by atoms with E-state index in [1.54, 1.807) is 48.5 Å². The minimum Gasteiger partial charge on any atom is -0.508 e. The molecule has 31 heavy (non-hydrogen) atoms. The van der Waals surface area contributed by atoms with Gasteiger partial charge in [-0.05, 0) is 61.5 Å². The van der Waals surface area contributed by atoms with Crippen molar-refractivity contribution in [2.24, 2.45) is 10.2 Å². The Hall–Kier alpha value is -4.51. The van der Waals surface area contributed by atoms with Gasteiger partial charge in [0.25, 0.3) is 5.91 Å². The Labute approximate surface area is 178 Å². The summed E-state index contributed by atoms with van der Waals surface area (Å²) in [6.45, 7) is 1.45. The van der Waals surface area contributed by atoms with Crippen LogP contribution in [0.3, 0.4) is 0 Å². The molecular formula is C23H18N4O4. The molecule has 0 saturated carbocycles. The fraction of sp³-hybridized carbons (Fsp3) is 0.0870. The quantitative estimate of drug-likeness (QED) is 0.440. The number of rotatable bonds is 6. The van der Waals surface area contributed by atoms with Gasteiger partial charge in [-0.3, -0.25) is 4.79 Å². The molecule has 3 rings (SSSR count). The summed E-state index contributed by atoms with van der Waals surface area (Å²) < 4.78 is 5.28. The maximum atomic E-state index is 12.6. The summed E-state index contributed by atoms with van der Waals surface area (Å²) in [6, 6.07) is 21.0. The molecule has 0 bridgehead atoms. The lowest BCUT2D eigenvalue weighted by molar-refractivity contribution is -0.123. The van der Waals surface area contributed by atoms with Crippen molar-refractivity contribution in [3.8, 4) is 11.8 Å². The monoisotopic (exact) mass is 414 g/mol. The Morgan fingerprint density at radius 3 is 2.52 bits per heavy atom. The second-order valence-electron chi connectivity index (χ2n) is 6.46. The molecule has 8 nitrogen and oxygen atoms in total. The number of nitrogens with one attached hydrogen (secondary N) is 1. The van der Waals surface area contributed by atoms with Gasteiger partial charge in [0, 0.05) is 5.69 Å². The van der Waals surface area contributed by atoms with Gasteiger partial charge in [-0.2, -0.15) is 10.4 Å². The van der Waals surface area contributed by atoms with Gasteiger partial charge in [0.15, 0.2) is 6.10 Å². The number of hydrogen-bond donors (Lipinski definition) is 2. The number of esters is 1. The van der Waals surface area contributed by atoms with E-state index < -0.39 is 18.0 Å². The average Bonchev–Trinajstić information content (AvgIpc) is 2.79. The van der Waals surface area contributed by atoms with E-state index in [-0.39, 0.29) is 17.0 Å². The second-order valence-corrected chi connectivity index (χ2v) is 6.46. The fourth-order valence-electron chi connectivity index (χ4n) is 2.55. The molecule has 0 radical (unpaired) electrons. The maximum Gasteiger partial charge on any atom is 0.341 e. The van der Waals surface area contributed by atoms with E-state index in [0.717, 1.165) is 0 Å². The van der Waals surface area contributed by atoms with Crippen molar-refractivity contribution in [3.63, 3.8) is 0 Å². The number of carbonyl (C=O) groups excluding carboxylic acids is 2. The van der Waals surface area contributed by atoms with Crippen molar-refractivity contribution in [1.29, 1.82) is 5.26 Å². The summed E-state index contributed by atoms with van der Waals surface area (Å²) in [5.74, 6) is -1.16. The summed E-state index contributed by atoms with van der Waals surface area (Å²) in [5.41, 5.74) is 1.74. The standard InChI is InChI=1S/C23H18N4O4/c1-15(22(29)25-18-6-4-5-16(13-18)14-24)31-23(30)20-7-2-3-8-21(20)27-26-17-9-11-19(28)12-10-17/h2-13,15,28H,1H3,(H,25,29)/t15-/m0/s1. The van der Waals surface area contributed by atoms with Gasteiger partial charge in [0.05, 0.1) is 22.9 Å². The minimum absolute atomic E-state index is 0.106. The van der Waals surface area contributed by atoms with Gasteiger partial charge in [0.2, 0.25) is 0 Å². The summed E-state index contributed by atoms with van der Waals surface area (Å²) in [4.78, 5) is 25.0. The number of azo groups is 1. The number of ether oxygens (including phenoxy) is 1. The molecule has 2 N–H and O–H groups in total. The number of carbonyl (C=O) groups is 2. The van der Waals surface area contributed by atoms with E-state index in [0.29, 0.717) is 16.9 Å². The van der Waals surface area contributed by atoms with Crippen LogP contribution < -0.4 is 5.32 Å². The van der Waals surface area contributed by atoms with E-state index >= 15 is 0 Å². The molecule has 1 atom stereocenters. The zero-order valence-corrected chi connectivity index (χ0v) is 16.5. The van der Waals surface area contributed by atoms with Crippen molar-refractivity contribution in [2.75, 3.05) is 5.32 Å². The number of hydrogen-bond acceptors (Lipinski definition) is 7. The minimum atomic E-state index is -1.08. The number of nitrogens with zero attached hydrogens (tertiary/aromatic N) is 3. The molecular weight excluding hydrogens is 396 g/mol. The number of phenols is 1. The van der Waals surface area contributed by atoms with E-state index in [2.05, 4.69) is 15.5 Å². The number of amides is 1. The van der Waals surface area contributed by atoms with Crippen LogP contribution in [0.1, 0.15) is 22.8 Å². The van der Waals surface area contributed by atoms with Gasteiger partial charge < -0.3 is 15.2 Å². The van der Waals surface area contributed by atoms with E-state index in [1.807, 2.05) is 6.07 Å². The lowest BCUT2D eigenvalue weighted by atomic mass is 10.2. The highest BCUT2D eigenvalue weighted by Gasteiger charge is 2.21. The van der Waals surface area contributed by atoms with Crippen molar-refractivity contribution in [1.82, 2.24) is 0 Å². The summed E-state index contributed by atoms with van der Waals surface area (Å²) in [6.07, 6.45) is -1.08. The fourth-order valence-corrected chi connectivity index (χ4v) is 2.55. The Bertz CT molecular complexity index is 1170. The first-order valence-electron chi connectivity index (χ1n) is 9.28. The molecule has 1 amide bonds. The second kappa shape index (κ2) is 9.80. The Morgan fingerprint density at radius 1 is 1.03 bits per heavy atom. The van der Waals surface area contributed by atoms with Crippen LogP contribution in [0, 0.1) is 11.3 Å². The first-order valence-corrected chi connectivity index (χ1v) is 9.28. The smallest absolute Gasteiger partial charge is 0.341 e. The maximum absolute atomic E-state index is 12.6. The Kier molecular flexibility index (Phi) is 6.71. The van der Waals surface area contributed by atoms with Gasteiger partial charge in [-0.15, -0.1) is 5.11 Å². The Morgan fingerprint density at radius 2 is 1.77 bits per heavy atom. The number of nitriles is 1. The van der Waals surface area contributed by atoms with Gasteiger partial charge in [-0.25, -0.2) is 4.79 Å². The van der Waals surface area contributed by atoms with Crippen LogP contribution in [-0.4, -0.2) is 23.1 Å². The third kappa shape index (κ3) is 5.74. The molecule has 0 unspecified atom stereocenters. The van der Waals surface area contributed by atoms with Gasteiger partial charge in [-0.1, -0.05) is 18.2 Å². The van der Waals surface area contributed by atoms with Crippen LogP contribution in [0.5, 0.6) is 5.75 Å². The summed E-state index contributed by atoms with van der Waals surface area (Å²) >= 11 is 0. The zero-order valence-electron chi connectivity index (χ0n) is 16.5.